The third kappa shape index (κ3) is 3.70. The van der Waals surface area contributed by atoms with Crippen LogP contribution < -0.4 is 5.32 Å². The number of aryl methyl sites for hydroxylation is 1. The Bertz CT molecular complexity index is 1100. The summed E-state index contributed by atoms with van der Waals surface area (Å²) in [5.74, 6) is 0.933. The molecule has 2 heterocycles. The first-order chi connectivity index (χ1) is 13.1. The van der Waals surface area contributed by atoms with Crippen LogP contribution >= 0.6 is 11.8 Å². The van der Waals surface area contributed by atoms with Gasteiger partial charge in [-0.2, -0.15) is 5.10 Å². The van der Waals surface area contributed by atoms with Crippen molar-refractivity contribution >= 4 is 34.3 Å². The molecule has 8 heteroatoms. The quantitative estimate of drug-likeness (QED) is 0.520. The summed E-state index contributed by atoms with van der Waals surface area (Å²) in [5, 5.41) is 19.9. The van der Waals surface area contributed by atoms with Crippen molar-refractivity contribution in [1.29, 1.82) is 0 Å². The Balaban J connectivity index is 1.41. The molecule has 27 heavy (non-hydrogen) atoms. The largest absolute Gasteiger partial charge is 0.325 e. The van der Waals surface area contributed by atoms with Crippen LogP contribution in [0.25, 0.3) is 22.3 Å². The number of benzene rings is 2. The smallest absolute Gasteiger partial charge is 0.234 e. The summed E-state index contributed by atoms with van der Waals surface area (Å²) in [5.41, 5.74) is 3.81. The number of aromatic amines is 1. The first kappa shape index (κ1) is 17.3. The van der Waals surface area contributed by atoms with Crippen LogP contribution in [0.4, 0.5) is 5.69 Å². The van der Waals surface area contributed by atoms with E-state index in [4.69, 9.17) is 0 Å². The van der Waals surface area contributed by atoms with E-state index in [1.807, 2.05) is 61.0 Å². The molecule has 2 aromatic carbocycles. The highest BCUT2D eigenvalue weighted by Crippen LogP contribution is 2.23. The van der Waals surface area contributed by atoms with Crippen molar-refractivity contribution in [3.8, 4) is 11.4 Å². The van der Waals surface area contributed by atoms with E-state index in [9.17, 15) is 4.79 Å². The zero-order chi connectivity index (χ0) is 18.8. The Labute approximate surface area is 160 Å². The van der Waals surface area contributed by atoms with Gasteiger partial charge in [0.1, 0.15) is 0 Å². The molecule has 0 aliphatic rings. The minimum atomic E-state index is -0.0984. The lowest BCUT2D eigenvalue weighted by atomic mass is 10.1. The third-order valence-corrected chi connectivity index (χ3v) is 5.22. The van der Waals surface area contributed by atoms with Crippen LogP contribution in [0.2, 0.25) is 0 Å². The fraction of sp³-hybridized carbons (Fsp3) is 0.158. The van der Waals surface area contributed by atoms with Gasteiger partial charge in [0.2, 0.25) is 5.91 Å². The SMILES string of the molecule is Cc1ccc(-c2nnc(SCC(=O)Nc3ccc4cn[nH]c4c3)n2C)cc1. The molecule has 0 aliphatic carbocycles. The maximum Gasteiger partial charge on any atom is 0.234 e. The highest BCUT2D eigenvalue weighted by Gasteiger charge is 2.13. The minimum absolute atomic E-state index is 0.0984. The van der Waals surface area contributed by atoms with E-state index < -0.39 is 0 Å². The van der Waals surface area contributed by atoms with Gasteiger partial charge in [-0.05, 0) is 25.1 Å². The van der Waals surface area contributed by atoms with E-state index in [2.05, 4.69) is 25.7 Å². The molecular weight excluding hydrogens is 360 g/mol. The standard InChI is InChI=1S/C19H18N6OS/c1-12-3-5-13(6-4-12)18-23-24-19(25(18)2)27-11-17(26)21-15-8-7-14-10-20-22-16(14)9-15/h3-10H,11H2,1-2H3,(H,20,22)(H,21,26). The van der Waals surface area contributed by atoms with Crippen LogP contribution in [-0.4, -0.2) is 36.6 Å². The predicted molar refractivity (Wildman–Crippen MR) is 107 cm³/mol. The van der Waals surface area contributed by atoms with Gasteiger partial charge in [0.15, 0.2) is 11.0 Å². The Hall–Kier alpha value is -3.13. The zero-order valence-electron chi connectivity index (χ0n) is 14.9. The van der Waals surface area contributed by atoms with Crippen molar-refractivity contribution in [3.63, 3.8) is 0 Å². The minimum Gasteiger partial charge on any atom is -0.325 e. The average molecular weight is 378 g/mol. The molecule has 2 aromatic heterocycles. The third-order valence-electron chi connectivity index (χ3n) is 4.20. The molecule has 0 atom stereocenters. The van der Waals surface area contributed by atoms with E-state index in [0.717, 1.165) is 28.0 Å². The molecule has 0 saturated carbocycles. The second-order valence-electron chi connectivity index (χ2n) is 6.24. The van der Waals surface area contributed by atoms with Crippen LogP contribution in [0.15, 0.2) is 53.8 Å². The van der Waals surface area contributed by atoms with Crippen LogP contribution in [0, 0.1) is 6.92 Å². The van der Waals surface area contributed by atoms with Crippen molar-refractivity contribution < 1.29 is 4.79 Å². The van der Waals surface area contributed by atoms with Gasteiger partial charge in [-0.25, -0.2) is 0 Å². The number of nitrogens with one attached hydrogen (secondary N) is 2. The number of rotatable bonds is 5. The average Bonchev–Trinajstić information content (AvgIpc) is 3.27. The number of nitrogens with zero attached hydrogens (tertiary/aromatic N) is 4. The summed E-state index contributed by atoms with van der Waals surface area (Å²) in [6, 6.07) is 13.8. The van der Waals surface area contributed by atoms with Gasteiger partial charge in [-0.15, -0.1) is 10.2 Å². The van der Waals surface area contributed by atoms with Crippen molar-refractivity contribution in [1.82, 2.24) is 25.0 Å². The summed E-state index contributed by atoms with van der Waals surface area (Å²) < 4.78 is 1.90. The van der Waals surface area contributed by atoms with E-state index in [0.29, 0.717) is 5.16 Å². The molecule has 7 nitrogen and oxygen atoms in total. The van der Waals surface area contributed by atoms with E-state index in [-0.39, 0.29) is 11.7 Å². The molecule has 0 spiro atoms. The number of amides is 1. The maximum atomic E-state index is 12.3. The van der Waals surface area contributed by atoms with Crippen LogP contribution in [-0.2, 0) is 11.8 Å². The second kappa shape index (κ2) is 7.24. The summed E-state index contributed by atoms with van der Waals surface area (Å²) in [6.45, 7) is 2.05. The first-order valence-corrected chi connectivity index (χ1v) is 9.41. The predicted octanol–water partition coefficient (Wildman–Crippen LogP) is 3.40. The number of carbonyl (C=O) groups is 1. The monoisotopic (exact) mass is 378 g/mol. The maximum absolute atomic E-state index is 12.3. The van der Waals surface area contributed by atoms with Gasteiger partial charge in [0, 0.05) is 23.7 Å². The summed E-state index contributed by atoms with van der Waals surface area (Å²) in [4.78, 5) is 12.3. The normalized spacial score (nSPS) is 11.0. The Morgan fingerprint density at radius 2 is 2.00 bits per heavy atom. The van der Waals surface area contributed by atoms with Crippen molar-refractivity contribution in [2.24, 2.45) is 7.05 Å². The molecule has 0 radical (unpaired) electrons. The molecule has 4 rings (SSSR count). The van der Waals surface area contributed by atoms with E-state index in [1.54, 1.807) is 6.20 Å². The van der Waals surface area contributed by atoms with Crippen LogP contribution in [0.3, 0.4) is 0 Å². The number of fused-ring (bicyclic) bond motifs is 1. The zero-order valence-corrected chi connectivity index (χ0v) is 15.7. The van der Waals surface area contributed by atoms with Gasteiger partial charge in [0.05, 0.1) is 17.5 Å². The molecule has 0 unspecified atom stereocenters. The number of carbonyl (C=O) groups excluding carboxylic acids is 1. The Morgan fingerprint density at radius 3 is 2.81 bits per heavy atom. The van der Waals surface area contributed by atoms with Gasteiger partial charge >= 0.3 is 0 Å². The molecule has 0 saturated heterocycles. The number of anilines is 1. The Kier molecular flexibility index (Phi) is 4.64. The molecule has 0 aliphatic heterocycles. The van der Waals surface area contributed by atoms with E-state index >= 15 is 0 Å². The molecular formula is C19H18N6OS. The number of hydrogen-bond donors (Lipinski definition) is 2. The fourth-order valence-electron chi connectivity index (χ4n) is 2.74. The Morgan fingerprint density at radius 1 is 1.19 bits per heavy atom. The lowest BCUT2D eigenvalue weighted by Gasteiger charge is -2.06. The fourth-order valence-corrected chi connectivity index (χ4v) is 3.45. The van der Waals surface area contributed by atoms with Crippen molar-refractivity contribution in [2.45, 2.75) is 12.1 Å². The summed E-state index contributed by atoms with van der Waals surface area (Å²) in [6.07, 6.45) is 1.75. The summed E-state index contributed by atoms with van der Waals surface area (Å²) >= 11 is 1.36. The lowest BCUT2D eigenvalue weighted by Crippen LogP contribution is -2.14. The number of thioether (sulfide) groups is 1. The van der Waals surface area contributed by atoms with Crippen molar-refractivity contribution in [3.05, 3.63) is 54.2 Å². The number of aromatic nitrogens is 5. The molecule has 2 N–H and O–H groups in total. The summed E-state index contributed by atoms with van der Waals surface area (Å²) in [7, 11) is 1.90. The van der Waals surface area contributed by atoms with Gasteiger partial charge < -0.3 is 9.88 Å². The van der Waals surface area contributed by atoms with E-state index in [1.165, 1.54) is 17.3 Å². The lowest BCUT2D eigenvalue weighted by molar-refractivity contribution is -0.113. The second-order valence-corrected chi connectivity index (χ2v) is 7.18. The number of hydrogen-bond acceptors (Lipinski definition) is 5. The van der Waals surface area contributed by atoms with Gasteiger partial charge in [-0.1, -0.05) is 41.6 Å². The molecule has 136 valence electrons. The van der Waals surface area contributed by atoms with Gasteiger partial charge in [-0.3, -0.25) is 9.89 Å². The van der Waals surface area contributed by atoms with Crippen LogP contribution in [0.5, 0.6) is 0 Å². The van der Waals surface area contributed by atoms with Crippen LogP contribution in [0.1, 0.15) is 5.56 Å². The van der Waals surface area contributed by atoms with Crippen molar-refractivity contribution in [2.75, 3.05) is 11.1 Å². The molecule has 0 fully saturated rings. The number of H-pyrrole nitrogens is 1. The van der Waals surface area contributed by atoms with Gasteiger partial charge in [0.25, 0.3) is 0 Å². The highest BCUT2D eigenvalue weighted by atomic mass is 32.2. The highest BCUT2D eigenvalue weighted by molar-refractivity contribution is 7.99. The first-order valence-electron chi connectivity index (χ1n) is 8.42. The molecule has 1 amide bonds. The molecule has 0 bridgehead atoms. The topological polar surface area (TPSA) is 88.5 Å². The molecule has 4 aromatic rings.